The second-order valence-electron chi connectivity index (χ2n) is 4.68. The molecule has 0 bridgehead atoms. The zero-order chi connectivity index (χ0) is 12.3. The van der Waals surface area contributed by atoms with Crippen LogP contribution in [0.2, 0.25) is 0 Å². The van der Waals surface area contributed by atoms with Crippen LogP contribution in [0.3, 0.4) is 0 Å². The van der Waals surface area contributed by atoms with E-state index in [0.717, 1.165) is 19.4 Å². The number of carbonyl (C=O) groups excluding carboxylic acids is 1. The fourth-order valence-electron chi connectivity index (χ4n) is 2.29. The van der Waals surface area contributed by atoms with Crippen molar-refractivity contribution in [1.82, 2.24) is 10.2 Å². The summed E-state index contributed by atoms with van der Waals surface area (Å²) in [5, 5.41) is 3.25. The summed E-state index contributed by atoms with van der Waals surface area (Å²) < 4.78 is 0. The van der Waals surface area contributed by atoms with Crippen LogP contribution in [0.25, 0.3) is 0 Å². The van der Waals surface area contributed by atoms with Gasteiger partial charge in [-0.2, -0.15) is 0 Å². The summed E-state index contributed by atoms with van der Waals surface area (Å²) in [4.78, 5) is 14.1. The van der Waals surface area contributed by atoms with Crippen LogP contribution >= 0.6 is 0 Å². The minimum absolute atomic E-state index is 0.0196. The van der Waals surface area contributed by atoms with E-state index in [2.05, 4.69) is 24.4 Å². The zero-order valence-electron chi connectivity index (χ0n) is 10.5. The molecule has 1 N–H and O–H groups in total. The largest absolute Gasteiger partial charge is 0.338 e. The Balaban J connectivity index is 2.04. The monoisotopic (exact) mass is 232 g/mol. The molecule has 17 heavy (non-hydrogen) atoms. The van der Waals surface area contributed by atoms with Crippen molar-refractivity contribution in [3.8, 4) is 0 Å². The number of carbonyl (C=O) groups is 1. The minimum atomic E-state index is 0.0196. The van der Waals surface area contributed by atoms with Crippen molar-refractivity contribution < 1.29 is 4.79 Å². The molecular formula is C14H20N2O. The lowest BCUT2D eigenvalue weighted by Gasteiger charge is -2.28. The van der Waals surface area contributed by atoms with E-state index in [9.17, 15) is 4.79 Å². The number of likely N-dealkylation sites (N-methyl/N-ethyl adjacent to an activating group) is 1. The molecule has 1 heterocycles. The van der Waals surface area contributed by atoms with Crippen molar-refractivity contribution in [1.29, 1.82) is 0 Å². The minimum Gasteiger partial charge on any atom is -0.338 e. The van der Waals surface area contributed by atoms with Crippen LogP contribution in [0.1, 0.15) is 31.4 Å². The molecule has 3 nitrogen and oxygen atoms in total. The molecule has 92 valence electrons. The Labute approximate surface area is 103 Å². The lowest BCUT2D eigenvalue weighted by molar-refractivity contribution is -0.133. The lowest BCUT2D eigenvalue weighted by atomic mass is 10.1. The predicted octanol–water partition coefficient (Wildman–Crippen LogP) is 1.96. The van der Waals surface area contributed by atoms with Crippen LogP contribution in [-0.2, 0) is 4.79 Å². The van der Waals surface area contributed by atoms with E-state index < -0.39 is 0 Å². The van der Waals surface area contributed by atoms with Crippen molar-refractivity contribution in [2.45, 2.75) is 31.8 Å². The van der Waals surface area contributed by atoms with Crippen LogP contribution in [0.5, 0.6) is 0 Å². The van der Waals surface area contributed by atoms with Gasteiger partial charge >= 0.3 is 0 Å². The topological polar surface area (TPSA) is 32.3 Å². The predicted molar refractivity (Wildman–Crippen MR) is 68.7 cm³/mol. The quantitative estimate of drug-likeness (QED) is 0.864. The summed E-state index contributed by atoms with van der Waals surface area (Å²) in [5.41, 5.74) is 1.18. The van der Waals surface area contributed by atoms with Gasteiger partial charge in [-0.25, -0.2) is 0 Å². The van der Waals surface area contributed by atoms with Gasteiger partial charge in [0, 0.05) is 7.05 Å². The number of rotatable bonds is 3. The van der Waals surface area contributed by atoms with Gasteiger partial charge in [0.05, 0.1) is 12.1 Å². The SMILES string of the molecule is CC(c1ccccc1)N(C)C(=O)C1CCCN1. The molecule has 3 heteroatoms. The first kappa shape index (κ1) is 12.1. The molecule has 0 saturated carbocycles. The molecule has 0 aliphatic carbocycles. The number of hydrogen-bond acceptors (Lipinski definition) is 2. The van der Waals surface area contributed by atoms with E-state index in [4.69, 9.17) is 0 Å². The van der Waals surface area contributed by atoms with Crippen molar-refractivity contribution in [3.63, 3.8) is 0 Å². The summed E-state index contributed by atoms with van der Waals surface area (Å²) in [6.45, 7) is 3.03. The third kappa shape index (κ3) is 2.67. The fourth-order valence-corrected chi connectivity index (χ4v) is 2.29. The number of nitrogens with one attached hydrogen (secondary N) is 1. The van der Waals surface area contributed by atoms with E-state index >= 15 is 0 Å². The maximum absolute atomic E-state index is 12.2. The standard InChI is InChI=1S/C14H20N2O/c1-11(12-7-4-3-5-8-12)16(2)14(17)13-9-6-10-15-13/h3-5,7-8,11,13,15H,6,9-10H2,1-2H3. The van der Waals surface area contributed by atoms with Gasteiger partial charge in [-0.15, -0.1) is 0 Å². The molecule has 1 aromatic carbocycles. The second-order valence-corrected chi connectivity index (χ2v) is 4.68. The lowest BCUT2D eigenvalue weighted by Crippen LogP contribution is -2.42. The molecule has 0 spiro atoms. The Bertz CT molecular complexity index is 371. The van der Waals surface area contributed by atoms with Crippen molar-refractivity contribution in [2.24, 2.45) is 0 Å². The summed E-state index contributed by atoms with van der Waals surface area (Å²) in [6, 6.07) is 10.3. The molecule has 0 aromatic heterocycles. The highest BCUT2D eigenvalue weighted by Gasteiger charge is 2.27. The molecule has 1 aromatic rings. The summed E-state index contributed by atoms with van der Waals surface area (Å²) in [6.07, 6.45) is 2.06. The first-order valence-electron chi connectivity index (χ1n) is 6.25. The highest BCUT2D eigenvalue weighted by molar-refractivity contribution is 5.82. The van der Waals surface area contributed by atoms with E-state index in [1.165, 1.54) is 5.56 Å². The average Bonchev–Trinajstić information content (AvgIpc) is 2.91. The number of nitrogens with zero attached hydrogens (tertiary/aromatic N) is 1. The second kappa shape index (κ2) is 5.32. The van der Waals surface area contributed by atoms with Gasteiger partial charge in [0.15, 0.2) is 0 Å². The average molecular weight is 232 g/mol. The van der Waals surface area contributed by atoms with Crippen LogP contribution in [0.4, 0.5) is 0 Å². The molecule has 0 radical (unpaired) electrons. The molecule has 2 rings (SSSR count). The number of benzene rings is 1. The smallest absolute Gasteiger partial charge is 0.239 e. The fraction of sp³-hybridized carbons (Fsp3) is 0.500. The van der Waals surface area contributed by atoms with Gasteiger partial charge in [0.1, 0.15) is 0 Å². The molecule has 2 unspecified atom stereocenters. The Morgan fingerprint density at radius 2 is 2.12 bits per heavy atom. The molecule has 1 fully saturated rings. The molecule has 1 saturated heterocycles. The van der Waals surface area contributed by atoms with Crippen LogP contribution in [0.15, 0.2) is 30.3 Å². The van der Waals surface area contributed by atoms with E-state index in [1.807, 2.05) is 30.1 Å². The van der Waals surface area contributed by atoms with Crippen LogP contribution in [0, 0.1) is 0 Å². The molecule has 2 atom stereocenters. The zero-order valence-corrected chi connectivity index (χ0v) is 10.5. The summed E-state index contributed by atoms with van der Waals surface area (Å²) >= 11 is 0. The van der Waals surface area contributed by atoms with Gasteiger partial charge < -0.3 is 10.2 Å². The van der Waals surface area contributed by atoms with Crippen molar-refractivity contribution in [2.75, 3.05) is 13.6 Å². The van der Waals surface area contributed by atoms with Gasteiger partial charge in [-0.3, -0.25) is 4.79 Å². The van der Waals surface area contributed by atoms with Gasteiger partial charge in [0.25, 0.3) is 0 Å². The number of hydrogen-bond donors (Lipinski definition) is 1. The van der Waals surface area contributed by atoms with Gasteiger partial charge in [-0.05, 0) is 31.9 Å². The molecule has 1 amide bonds. The highest BCUT2D eigenvalue weighted by atomic mass is 16.2. The third-order valence-electron chi connectivity index (χ3n) is 3.57. The first-order valence-corrected chi connectivity index (χ1v) is 6.25. The van der Waals surface area contributed by atoms with Crippen molar-refractivity contribution >= 4 is 5.91 Å². The van der Waals surface area contributed by atoms with Gasteiger partial charge in [-0.1, -0.05) is 30.3 Å². The van der Waals surface area contributed by atoms with Crippen LogP contribution in [-0.4, -0.2) is 30.4 Å². The van der Waals surface area contributed by atoms with E-state index in [-0.39, 0.29) is 18.0 Å². The van der Waals surface area contributed by atoms with E-state index in [1.54, 1.807) is 0 Å². The Morgan fingerprint density at radius 1 is 1.41 bits per heavy atom. The maximum Gasteiger partial charge on any atom is 0.239 e. The van der Waals surface area contributed by atoms with Crippen molar-refractivity contribution in [3.05, 3.63) is 35.9 Å². The van der Waals surface area contributed by atoms with Gasteiger partial charge in [0.2, 0.25) is 5.91 Å². The molecule has 1 aliphatic rings. The highest BCUT2D eigenvalue weighted by Crippen LogP contribution is 2.20. The Hall–Kier alpha value is -1.35. The number of amides is 1. The molecule has 1 aliphatic heterocycles. The normalized spacial score (nSPS) is 21.2. The maximum atomic E-state index is 12.2. The first-order chi connectivity index (χ1) is 8.20. The summed E-state index contributed by atoms with van der Waals surface area (Å²) in [5.74, 6) is 0.207. The van der Waals surface area contributed by atoms with Crippen LogP contribution < -0.4 is 5.32 Å². The van der Waals surface area contributed by atoms with E-state index in [0.29, 0.717) is 0 Å². The Morgan fingerprint density at radius 3 is 2.71 bits per heavy atom. The summed E-state index contributed by atoms with van der Waals surface area (Å²) in [7, 11) is 1.89. The third-order valence-corrected chi connectivity index (χ3v) is 3.57. The Kier molecular flexibility index (Phi) is 3.79. The molecular weight excluding hydrogens is 212 g/mol.